The molecule has 0 aliphatic carbocycles. The molecule has 4 heteroatoms. The lowest BCUT2D eigenvalue weighted by Crippen LogP contribution is -2.37. The van der Waals surface area contributed by atoms with E-state index in [9.17, 15) is 4.79 Å². The van der Waals surface area contributed by atoms with Crippen molar-refractivity contribution in [2.45, 2.75) is 58.9 Å². The molecule has 0 radical (unpaired) electrons. The molecule has 19 heavy (non-hydrogen) atoms. The van der Waals surface area contributed by atoms with Gasteiger partial charge in [0.25, 0.3) is 0 Å². The number of carbonyl (C=O) groups excluding carboxylic acids is 1. The maximum Gasteiger partial charge on any atom is 0.223 e. The van der Waals surface area contributed by atoms with Crippen LogP contribution in [0.1, 0.15) is 52.9 Å². The number of unbranched alkanes of at least 4 members (excludes halogenated alkanes) is 2. The molecule has 1 amide bonds. The molecule has 0 rings (SSSR count). The molecule has 0 spiro atoms. The molecule has 0 atom stereocenters. The predicted molar refractivity (Wildman–Crippen MR) is 82.2 cm³/mol. The van der Waals surface area contributed by atoms with Gasteiger partial charge in [0.1, 0.15) is 0 Å². The van der Waals surface area contributed by atoms with Gasteiger partial charge in [0.15, 0.2) is 0 Å². The Hall–Kier alpha value is -0.610. The molecule has 0 unspecified atom stereocenters. The Labute approximate surface area is 119 Å². The second-order valence-electron chi connectivity index (χ2n) is 5.54. The van der Waals surface area contributed by atoms with Gasteiger partial charge in [-0.2, -0.15) is 0 Å². The van der Waals surface area contributed by atoms with Crippen molar-refractivity contribution in [2.24, 2.45) is 5.73 Å². The summed E-state index contributed by atoms with van der Waals surface area (Å²) in [6, 6.07) is 0.513. The van der Waals surface area contributed by atoms with Crippen LogP contribution in [0.15, 0.2) is 0 Å². The van der Waals surface area contributed by atoms with Crippen molar-refractivity contribution in [1.29, 1.82) is 0 Å². The third-order valence-electron chi connectivity index (χ3n) is 3.52. The summed E-state index contributed by atoms with van der Waals surface area (Å²) in [6.45, 7) is 10.0. The van der Waals surface area contributed by atoms with E-state index >= 15 is 0 Å². The number of hydrogen-bond acceptors (Lipinski definition) is 3. The van der Waals surface area contributed by atoms with E-state index in [1.54, 1.807) is 4.90 Å². The van der Waals surface area contributed by atoms with Gasteiger partial charge in [-0.15, -0.1) is 0 Å². The third kappa shape index (κ3) is 9.00. The van der Waals surface area contributed by atoms with Gasteiger partial charge in [-0.05, 0) is 39.8 Å². The summed E-state index contributed by atoms with van der Waals surface area (Å²) in [4.78, 5) is 16.2. The summed E-state index contributed by atoms with van der Waals surface area (Å²) in [5.74, 6) is 0.231. The highest BCUT2D eigenvalue weighted by molar-refractivity contribution is 5.76. The second kappa shape index (κ2) is 11.2. The summed E-state index contributed by atoms with van der Waals surface area (Å²) in [5.41, 5.74) is 5.46. The molecule has 0 aliphatic heterocycles. The van der Waals surface area contributed by atoms with Crippen LogP contribution in [0.4, 0.5) is 0 Å². The largest absolute Gasteiger partial charge is 0.346 e. The molecule has 0 saturated carbocycles. The van der Waals surface area contributed by atoms with Crippen LogP contribution < -0.4 is 5.73 Å². The summed E-state index contributed by atoms with van der Waals surface area (Å²) in [6.07, 6.45) is 5.24. The molecule has 0 aromatic rings. The summed E-state index contributed by atoms with van der Waals surface area (Å²) >= 11 is 0. The Morgan fingerprint density at radius 3 is 2.32 bits per heavy atom. The van der Waals surface area contributed by atoms with Crippen molar-refractivity contribution in [3.05, 3.63) is 0 Å². The Balaban J connectivity index is 3.98. The average molecular weight is 271 g/mol. The quantitative estimate of drug-likeness (QED) is 0.585. The molecule has 0 saturated heterocycles. The van der Waals surface area contributed by atoms with Gasteiger partial charge < -0.3 is 15.5 Å². The molecule has 0 aromatic carbocycles. The van der Waals surface area contributed by atoms with Crippen LogP contribution in [0.5, 0.6) is 0 Å². The molecule has 114 valence electrons. The van der Waals surface area contributed by atoms with Crippen molar-refractivity contribution in [1.82, 2.24) is 9.80 Å². The molecule has 0 aliphatic rings. The Morgan fingerprint density at radius 1 is 1.11 bits per heavy atom. The number of amides is 1. The first-order chi connectivity index (χ1) is 9.02. The Morgan fingerprint density at radius 2 is 1.79 bits per heavy atom. The average Bonchev–Trinajstić information content (AvgIpc) is 2.39. The van der Waals surface area contributed by atoms with Crippen LogP contribution in [-0.4, -0.2) is 55.0 Å². The number of hydrogen-bond donors (Lipinski definition) is 1. The fraction of sp³-hybridized carbons (Fsp3) is 0.933. The monoisotopic (exact) mass is 271 g/mol. The zero-order chi connectivity index (χ0) is 14.7. The lowest BCUT2D eigenvalue weighted by atomic mass is 10.2. The number of nitrogens with zero attached hydrogens (tertiary/aromatic N) is 2. The van der Waals surface area contributed by atoms with Crippen LogP contribution in [0.3, 0.4) is 0 Å². The zero-order valence-corrected chi connectivity index (χ0v) is 13.3. The van der Waals surface area contributed by atoms with Gasteiger partial charge in [0, 0.05) is 32.6 Å². The van der Waals surface area contributed by atoms with Crippen molar-refractivity contribution in [2.75, 3.05) is 33.2 Å². The lowest BCUT2D eigenvalue weighted by molar-refractivity contribution is -0.130. The molecule has 0 bridgehead atoms. The van der Waals surface area contributed by atoms with Crippen molar-refractivity contribution < 1.29 is 4.79 Å². The molecule has 2 N–H and O–H groups in total. The van der Waals surface area contributed by atoms with Gasteiger partial charge >= 0.3 is 0 Å². The maximum absolute atomic E-state index is 12.0. The standard InChI is InChI=1S/C15H33N3O/c1-5-6-7-12-18(14(2)3)13-9-15(19)17(4)11-8-10-16/h14H,5-13,16H2,1-4H3. The summed E-state index contributed by atoms with van der Waals surface area (Å²) in [7, 11) is 1.87. The van der Waals surface area contributed by atoms with Crippen LogP contribution in [-0.2, 0) is 4.79 Å². The molecular formula is C15H33N3O. The molecule has 4 nitrogen and oxygen atoms in total. The first-order valence-electron chi connectivity index (χ1n) is 7.71. The zero-order valence-electron chi connectivity index (χ0n) is 13.3. The first kappa shape index (κ1) is 18.4. The minimum atomic E-state index is 0.231. The summed E-state index contributed by atoms with van der Waals surface area (Å²) < 4.78 is 0. The smallest absolute Gasteiger partial charge is 0.223 e. The summed E-state index contributed by atoms with van der Waals surface area (Å²) in [5, 5.41) is 0. The SMILES string of the molecule is CCCCCN(CCC(=O)N(C)CCCN)C(C)C. The van der Waals surface area contributed by atoms with E-state index in [0.717, 1.165) is 26.1 Å². The Bertz CT molecular complexity index is 231. The van der Waals surface area contributed by atoms with Crippen molar-refractivity contribution in [3.63, 3.8) is 0 Å². The van der Waals surface area contributed by atoms with Gasteiger partial charge in [0.05, 0.1) is 0 Å². The number of carbonyl (C=O) groups is 1. The fourth-order valence-corrected chi connectivity index (χ4v) is 2.08. The van der Waals surface area contributed by atoms with E-state index in [-0.39, 0.29) is 5.91 Å². The van der Waals surface area contributed by atoms with Gasteiger partial charge in [0.2, 0.25) is 5.91 Å². The van der Waals surface area contributed by atoms with E-state index in [1.807, 2.05) is 7.05 Å². The normalized spacial score (nSPS) is 11.3. The maximum atomic E-state index is 12.0. The van der Waals surface area contributed by atoms with Gasteiger partial charge in [-0.3, -0.25) is 4.79 Å². The minimum absolute atomic E-state index is 0.231. The minimum Gasteiger partial charge on any atom is -0.346 e. The Kier molecular flexibility index (Phi) is 10.9. The van der Waals surface area contributed by atoms with Gasteiger partial charge in [-0.1, -0.05) is 19.8 Å². The van der Waals surface area contributed by atoms with Crippen molar-refractivity contribution in [3.8, 4) is 0 Å². The van der Waals surface area contributed by atoms with E-state index in [0.29, 0.717) is 19.0 Å². The van der Waals surface area contributed by atoms with Crippen LogP contribution in [0.2, 0.25) is 0 Å². The first-order valence-corrected chi connectivity index (χ1v) is 7.71. The van der Waals surface area contributed by atoms with E-state index < -0.39 is 0 Å². The second-order valence-corrected chi connectivity index (χ2v) is 5.54. The van der Waals surface area contributed by atoms with Gasteiger partial charge in [-0.25, -0.2) is 0 Å². The third-order valence-corrected chi connectivity index (χ3v) is 3.52. The van der Waals surface area contributed by atoms with Crippen LogP contribution in [0.25, 0.3) is 0 Å². The lowest BCUT2D eigenvalue weighted by Gasteiger charge is -2.27. The van der Waals surface area contributed by atoms with Crippen LogP contribution >= 0.6 is 0 Å². The molecule has 0 fully saturated rings. The van der Waals surface area contributed by atoms with E-state index in [1.165, 1.54) is 19.3 Å². The highest BCUT2D eigenvalue weighted by Gasteiger charge is 2.13. The van der Waals surface area contributed by atoms with E-state index in [4.69, 9.17) is 5.73 Å². The topological polar surface area (TPSA) is 49.6 Å². The number of rotatable bonds is 11. The highest BCUT2D eigenvalue weighted by Crippen LogP contribution is 2.05. The highest BCUT2D eigenvalue weighted by atomic mass is 16.2. The predicted octanol–water partition coefficient (Wildman–Crippen LogP) is 2.08. The fourth-order valence-electron chi connectivity index (χ4n) is 2.08. The van der Waals surface area contributed by atoms with Crippen molar-refractivity contribution >= 4 is 5.91 Å². The van der Waals surface area contributed by atoms with Crippen LogP contribution in [0, 0.1) is 0 Å². The molecule has 0 aromatic heterocycles. The van der Waals surface area contributed by atoms with E-state index in [2.05, 4.69) is 25.7 Å². The number of nitrogens with two attached hydrogens (primary N) is 1. The molecule has 0 heterocycles. The molecular weight excluding hydrogens is 238 g/mol.